The highest BCUT2D eigenvalue weighted by Gasteiger charge is 2.11. The molecule has 0 spiro atoms. The van der Waals surface area contributed by atoms with Crippen molar-refractivity contribution < 1.29 is 9.59 Å². The minimum absolute atomic E-state index is 0.0227. The van der Waals surface area contributed by atoms with E-state index in [4.69, 9.17) is 11.6 Å². The van der Waals surface area contributed by atoms with Crippen molar-refractivity contribution in [2.45, 2.75) is 33.2 Å². The topological polar surface area (TPSA) is 49.4 Å². The maximum Gasteiger partial charge on any atom is 0.222 e. The molecule has 0 radical (unpaired) electrons. The quantitative estimate of drug-likeness (QED) is 0.767. The molecule has 0 fully saturated rings. The highest BCUT2D eigenvalue weighted by atomic mass is 35.5. The van der Waals surface area contributed by atoms with E-state index in [9.17, 15) is 9.59 Å². The summed E-state index contributed by atoms with van der Waals surface area (Å²) < 4.78 is 0. The van der Waals surface area contributed by atoms with Crippen molar-refractivity contribution in [3.8, 4) is 0 Å². The number of nitrogens with one attached hydrogen (secondary N) is 1. The lowest BCUT2D eigenvalue weighted by Crippen LogP contribution is -2.35. The standard InChI is InChI=1S/C21H25ClN2O2/c1-16-4-3-5-19(14-16)15-23-21(26)11-13-24(17(2)25)12-10-18-6-8-20(22)9-7-18/h3-9,14H,10-13,15H2,1-2H3,(H,23,26). The first-order valence-electron chi connectivity index (χ1n) is 8.76. The summed E-state index contributed by atoms with van der Waals surface area (Å²) in [5.41, 5.74) is 3.36. The molecule has 5 heteroatoms. The molecule has 0 bridgehead atoms. The summed E-state index contributed by atoms with van der Waals surface area (Å²) in [4.78, 5) is 25.6. The van der Waals surface area contributed by atoms with Crippen molar-refractivity contribution in [3.63, 3.8) is 0 Å². The number of hydrogen-bond acceptors (Lipinski definition) is 2. The Hall–Kier alpha value is -2.33. The Morgan fingerprint density at radius 2 is 1.77 bits per heavy atom. The van der Waals surface area contributed by atoms with Crippen LogP contribution in [0.1, 0.15) is 30.0 Å². The summed E-state index contributed by atoms with van der Waals surface area (Å²) in [6.45, 7) is 5.07. The van der Waals surface area contributed by atoms with Crippen LogP contribution in [0.4, 0.5) is 0 Å². The molecule has 0 atom stereocenters. The number of nitrogens with zero attached hydrogens (tertiary/aromatic N) is 1. The van der Waals surface area contributed by atoms with Crippen LogP contribution in [0.25, 0.3) is 0 Å². The van der Waals surface area contributed by atoms with Crippen LogP contribution in [0.15, 0.2) is 48.5 Å². The molecule has 0 aliphatic heterocycles. The number of aryl methyl sites for hydroxylation is 1. The third kappa shape index (κ3) is 6.89. The van der Waals surface area contributed by atoms with E-state index in [0.29, 0.717) is 31.1 Å². The van der Waals surface area contributed by atoms with Gasteiger partial charge in [-0.1, -0.05) is 53.6 Å². The second-order valence-corrected chi connectivity index (χ2v) is 6.83. The molecular formula is C21H25ClN2O2. The minimum atomic E-state index is -0.0516. The highest BCUT2D eigenvalue weighted by Crippen LogP contribution is 2.10. The van der Waals surface area contributed by atoms with Crippen LogP contribution in [0.5, 0.6) is 0 Å². The van der Waals surface area contributed by atoms with Gasteiger partial charge in [0.05, 0.1) is 0 Å². The van der Waals surface area contributed by atoms with Gasteiger partial charge in [-0.2, -0.15) is 0 Å². The van der Waals surface area contributed by atoms with E-state index in [1.165, 1.54) is 12.5 Å². The molecule has 2 amide bonds. The minimum Gasteiger partial charge on any atom is -0.352 e. The molecule has 0 unspecified atom stereocenters. The van der Waals surface area contributed by atoms with Crippen LogP contribution >= 0.6 is 11.6 Å². The van der Waals surface area contributed by atoms with Crippen LogP contribution in [0.2, 0.25) is 5.02 Å². The van der Waals surface area contributed by atoms with Gasteiger partial charge in [0.1, 0.15) is 0 Å². The van der Waals surface area contributed by atoms with E-state index in [-0.39, 0.29) is 11.8 Å². The van der Waals surface area contributed by atoms with Crippen molar-refractivity contribution in [2.24, 2.45) is 0 Å². The molecule has 138 valence electrons. The molecule has 0 heterocycles. The lowest BCUT2D eigenvalue weighted by Gasteiger charge is -2.21. The summed E-state index contributed by atoms with van der Waals surface area (Å²) in [5.74, 6) is -0.0744. The van der Waals surface area contributed by atoms with Gasteiger partial charge in [0.15, 0.2) is 0 Å². The predicted molar refractivity (Wildman–Crippen MR) is 105 cm³/mol. The molecule has 2 aromatic rings. The fraction of sp³-hybridized carbons (Fsp3) is 0.333. The van der Waals surface area contributed by atoms with Crippen LogP contribution in [0.3, 0.4) is 0 Å². The second-order valence-electron chi connectivity index (χ2n) is 6.40. The molecule has 4 nitrogen and oxygen atoms in total. The fourth-order valence-corrected chi connectivity index (χ4v) is 2.82. The van der Waals surface area contributed by atoms with Crippen molar-refractivity contribution in [3.05, 3.63) is 70.2 Å². The first-order chi connectivity index (χ1) is 12.4. The Morgan fingerprint density at radius 1 is 1.04 bits per heavy atom. The Labute approximate surface area is 160 Å². The van der Waals surface area contributed by atoms with Crippen LogP contribution in [-0.4, -0.2) is 29.8 Å². The van der Waals surface area contributed by atoms with Gasteiger partial charge in [-0.3, -0.25) is 9.59 Å². The number of hydrogen-bond donors (Lipinski definition) is 1. The molecule has 0 saturated heterocycles. The average molecular weight is 373 g/mol. The second kappa shape index (κ2) is 9.97. The van der Waals surface area contributed by atoms with Crippen molar-refractivity contribution in [1.82, 2.24) is 10.2 Å². The Kier molecular flexibility index (Phi) is 7.67. The van der Waals surface area contributed by atoms with E-state index in [1.54, 1.807) is 4.90 Å². The van der Waals surface area contributed by atoms with Crippen LogP contribution in [0, 0.1) is 6.92 Å². The molecule has 26 heavy (non-hydrogen) atoms. The number of benzene rings is 2. The van der Waals surface area contributed by atoms with Gasteiger partial charge in [0, 0.05) is 38.0 Å². The Morgan fingerprint density at radius 3 is 2.42 bits per heavy atom. The number of carbonyl (C=O) groups excluding carboxylic acids is 2. The highest BCUT2D eigenvalue weighted by molar-refractivity contribution is 6.30. The normalized spacial score (nSPS) is 10.4. The third-order valence-electron chi connectivity index (χ3n) is 4.21. The third-order valence-corrected chi connectivity index (χ3v) is 4.46. The smallest absolute Gasteiger partial charge is 0.222 e. The van der Waals surface area contributed by atoms with Crippen molar-refractivity contribution >= 4 is 23.4 Å². The SMILES string of the molecule is CC(=O)N(CCC(=O)NCc1cccc(C)c1)CCc1ccc(Cl)cc1. The summed E-state index contributed by atoms with van der Waals surface area (Å²) in [7, 11) is 0. The maximum absolute atomic E-state index is 12.1. The number of halogens is 1. The summed E-state index contributed by atoms with van der Waals surface area (Å²) in [6, 6.07) is 15.6. The van der Waals surface area contributed by atoms with Gasteiger partial charge >= 0.3 is 0 Å². The van der Waals surface area contributed by atoms with Crippen molar-refractivity contribution in [2.75, 3.05) is 13.1 Å². The molecular weight excluding hydrogens is 348 g/mol. The molecule has 2 aromatic carbocycles. The largest absolute Gasteiger partial charge is 0.352 e. The van der Waals surface area contributed by atoms with Gasteiger partial charge < -0.3 is 10.2 Å². The summed E-state index contributed by atoms with van der Waals surface area (Å²) in [6.07, 6.45) is 1.04. The van der Waals surface area contributed by atoms with Crippen molar-refractivity contribution in [1.29, 1.82) is 0 Å². The number of rotatable bonds is 8. The van der Waals surface area contributed by atoms with Gasteiger partial charge in [0.2, 0.25) is 11.8 Å². The number of carbonyl (C=O) groups is 2. The van der Waals surface area contributed by atoms with Gasteiger partial charge in [0.25, 0.3) is 0 Å². The monoisotopic (exact) mass is 372 g/mol. The lowest BCUT2D eigenvalue weighted by atomic mass is 10.1. The molecule has 1 N–H and O–H groups in total. The first kappa shape index (κ1) is 20.0. The zero-order valence-corrected chi connectivity index (χ0v) is 16.1. The number of amides is 2. The Balaban J connectivity index is 1.77. The molecule has 0 aliphatic carbocycles. The van der Waals surface area contributed by atoms with E-state index in [1.807, 2.05) is 55.5 Å². The maximum atomic E-state index is 12.1. The van der Waals surface area contributed by atoms with E-state index in [2.05, 4.69) is 5.32 Å². The zero-order valence-electron chi connectivity index (χ0n) is 15.3. The van der Waals surface area contributed by atoms with Gasteiger partial charge in [-0.05, 0) is 36.6 Å². The molecule has 0 aromatic heterocycles. The van der Waals surface area contributed by atoms with E-state index in [0.717, 1.165) is 17.5 Å². The van der Waals surface area contributed by atoms with E-state index >= 15 is 0 Å². The van der Waals surface area contributed by atoms with Gasteiger partial charge in [-0.15, -0.1) is 0 Å². The molecule has 0 saturated carbocycles. The lowest BCUT2D eigenvalue weighted by molar-refractivity contribution is -0.129. The van der Waals surface area contributed by atoms with E-state index < -0.39 is 0 Å². The fourth-order valence-electron chi connectivity index (χ4n) is 2.69. The summed E-state index contributed by atoms with van der Waals surface area (Å²) in [5, 5.41) is 3.61. The summed E-state index contributed by atoms with van der Waals surface area (Å²) >= 11 is 5.88. The van der Waals surface area contributed by atoms with Crippen LogP contribution in [-0.2, 0) is 22.6 Å². The zero-order chi connectivity index (χ0) is 18.9. The first-order valence-corrected chi connectivity index (χ1v) is 9.14. The average Bonchev–Trinajstić information content (AvgIpc) is 2.61. The van der Waals surface area contributed by atoms with Crippen LogP contribution < -0.4 is 5.32 Å². The molecule has 0 aliphatic rings. The predicted octanol–water partition coefficient (Wildman–Crippen LogP) is 3.75. The Bertz CT molecular complexity index is 744. The molecule has 2 rings (SSSR count). The van der Waals surface area contributed by atoms with Gasteiger partial charge in [-0.25, -0.2) is 0 Å².